The number of thiazole rings is 1. The number of methoxy groups -OCH3 is 1. The molecule has 1 aromatic heterocycles. The fraction of sp³-hybridized carbons (Fsp3) is 0.476. The SMILES string of the molecule is CNC(=O)c1nc(-c2ccc3c(c2OC2CCC2)CCC(C)N3C(=O)OC)cs1. The fourth-order valence-electron chi connectivity index (χ4n) is 3.78. The van der Waals surface area contributed by atoms with E-state index >= 15 is 0 Å². The number of fused-ring (bicyclic) bond motifs is 1. The van der Waals surface area contributed by atoms with Crippen LogP contribution in [-0.2, 0) is 11.2 Å². The molecule has 0 radical (unpaired) electrons. The minimum Gasteiger partial charge on any atom is -0.489 e. The van der Waals surface area contributed by atoms with E-state index in [1.54, 1.807) is 11.9 Å². The minimum atomic E-state index is -0.364. The van der Waals surface area contributed by atoms with Crippen molar-refractivity contribution in [2.75, 3.05) is 19.1 Å². The lowest BCUT2D eigenvalue weighted by Gasteiger charge is -2.36. The van der Waals surface area contributed by atoms with Crippen LogP contribution in [0.15, 0.2) is 17.5 Å². The third-order valence-corrected chi connectivity index (χ3v) is 6.50. The van der Waals surface area contributed by atoms with Gasteiger partial charge in [-0.25, -0.2) is 9.78 Å². The van der Waals surface area contributed by atoms with Crippen LogP contribution in [0.1, 0.15) is 48.0 Å². The van der Waals surface area contributed by atoms with Crippen molar-refractivity contribution >= 4 is 29.0 Å². The maximum atomic E-state index is 12.4. The summed E-state index contributed by atoms with van der Waals surface area (Å²) in [6, 6.07) is 3.92. The smallest absolute Gasteiger partial charge is 0.414 e. The lowest BCUT2D eigenvalue weighted by Crippen LogP contribution is -2.42. The van der Waals surface area contributed by atoms with Gasteiger partial charge < -0.3 is 14.8 Å². The van der Waals surface area contributed by atoms with Crippen LogP contribution in [0.25, 0.3) is 11.3 Å². The standard InChI is InChI=1S/C21H25N3O4S/c1-12-7-8-15-17(24(12)21(26)27-3)10-9-14(18(15)28-13-5-4-6-13)16-11-29-20(23-16)19(25)22-2/h9-13H,4-8H2,1-3H3,(H,22,25). The monoisotopic (exact) mass is 415 g/mol. The number of aromatic nitrogens is 1. The van der Waals surface area contributed by atoms with E-state index in [-0.39, 0.29) is 24.1 Å². The normalized spacial score (nSPS) is 18.6. The molecule has 154 valence electrons. The average molecular weight is 416 g/mol. The van der Waals surface area contributed by atoms with Crippen molar-refractivity contribution in [3.05, 3.63) is 28.1 Å². The van der Waals surface area contributed by atoms with Gasteiger partial charge in [0.15, 0.2) is 5.01 Å². The Bertz CT molecular complexity index is 938. The molecule has 8 heteroatoms. The van der Waals surface area contributed by atoms with Crippen molar-refractivity contribution < 1.29 is 19.1 Å². The molecule has 0 saturated heterocycles. The van der Waals surface area contributed by atoms with Crippen LogP contribution in [-0.4, -0.2) is 43.3 Å². The molecule has 1 fully saturated rings. The highest BCUT2D eigenvalue weighted by Crippen LogP contribution is 2.44. The number of hydrogen-bond acceptors (Lipinski definition) is 6. The van der Waals surface area contributed by atoms with Crippen LogP contribution < -0.4 is 15.0 Å². The minimum absolute atomic E-state index is 0.0523. The molecule has 7 nitrogen and oxygen atoms in total. The Morgan fingerprint density at radius 1 is 1.28 bits per heavy atom. The first-order chi connectivity index (χ1) is 14.0. The maximum absolute atomic E-state index is 12.4. The van der Waals surface area contributed by atoms with Crippen molar-refractivity contribution in [3.8, 4) is 17.0 Å². The second-order valence-corrected chi connectivity index (χ2v) is 8.31. The zero-order valence-electron chi connectivity index (χ0n) is 16.9. The number of anilines is 1. The third kappa shape index (κ3) is 3.57. The molecule has 2 aromatic rings. The summed E-state index contributed by atoms with van der Waals surface area (Å²) in [5, 5.41) is 4.91. The first kappa shape index (κ1) is 19.7. The van der Waals surface area contributed by atoms with Crippen molar-refractivity contribution in [2.45, 2.75) is 51.2 Å². The van der Waals surface area contributed by atoms with E-state index in [0.29, 0.717) is 10.7 Å². The highest BCUT2D eigenvalue weighted by atomic mass is 32.1. The Hall–Kier alpha value is -2.61. The highest BCUT2D eigenvalue weighted by molar-refractivity contribution is 7.12. The summed E-state index contributed by atoms with van der Waals surface area (Å²) in [5.74, 6) is 0.577. The Morgan fingerprint density at radius 2 is 2.07 bits per heavy atom. The number of nitrogens with zero attached hydrogens (tertiary/aromatic N) is 2. The molecule has 1 N–H and O–H groups in total. The fourth-order valence-corrected chi connectivity index (χ4v) is 4.54. The van der Waals surface area contributed by atoms with E-state index in [1.165, 1.54) is 18.4 Å². The summed E-state index contributed by atoms with van der Waals surface area (Å²) in [7, 11) is 3.00. The molecule has 2 amide bonds. The second kappa shape index (κ2) is 8.02. The largest absolute Gasteiger partial charge is 0.489 e. The summed E-state index contributed by atoms with van der Waals surface area (Å²) in [5.41, 5.74) is 3.42. The average Bonchev–Trinajstić information content (AvgIpc) is 3.19. The van der Waals surface area contributed by atoms with Gasteiger partial charge in [0, 0.05) is 29.6 Å². The second-order valence-electron chi connectivity index (χ2n) is 7.46. The number of nitrogens with one attached hydrogen (secondary N) is 1. The number of benzene rings is 1. The number of hydrogen-bond donors (Lipinski definition) is 1. The van der Waals surface area contributed by atoms with Crippen LogP contribution >= 0.6 is 11.3 Å². The Kier molecular flexibility index (Phi) is 5.45. The zero-order chi connectivity index (χ0) is 20.5. The van der Waals surface area contributed by atoms with Crippen LogP contribution in [0.5, 0.6) is 5.75 Å². The van der Waals surface area contributed by atoms with Crippen LogP contribution in [0.4, 0.5) is 10.5 Å². The van der Waals surface area contributed by atoms with Gasteiger partial charge in [0.2, 0.25) is 0 Å². The van der Waals surface area contributed by atoms with E-state index < -0.39 is 0 Å². The summed E-state index contributed by atoms with van der Waals surface area (Å²) >= 11 is 1.31. The van der Waals surface area contributed by atoms with E-state index in [0.717, 1.165) is 54.7 Å². The van der Waals surface area contributed by atoms with Gasteiger partial charge in [-0.15, -0.1) is 11.3 Å². The molecule has 1 aliphatic carbocycles. The van der Waals surface area contributed by atoms with E-state index in [1.807, 2.05) is 24.4 Å². The molecule has 0 bridgehead atoms. The van der Waals surface area contributed by atoms with Gasteiger partial charge in [0.25, 0.3) is 5.91 Å². The summed E-state index contributed by atoms with van der Waals surface area (Å²) < 4.78 is 11.4. The Morgan fingerprint density at radius 3 is 2.72 bits per heavy atom. The Labute approximate surface area is 174 Å². The van der Waals surface area contributed by atoms with Crippen molar-refractivity contribution in [1.82, 2.24) is 10.3 Å². The lowest BCUT2D eigenvalue weighted by atomic mass is 9.92. The van der Waals surface area contributed by atoms with Gasteiger partial charge >= 0.3 is 6.09 Å². The number of ether oxygens (including phenoxy) is 2. The molecule has 1 unspecified atom stereocenters. The molecule has 4 rings (SSSR count). The molecule has 2 aliphatic rings. The quantitative estimate of drug-likeness (QED) is 0.816. The third-order valence-electron chi connectivity index (χ3n) is 5.66. The lowest BCUT2D eigenvalue weighted by molar-refractivity contribution is 0.0962. The van der Waals surface area contributed by atoms with Crippen molar-refractivity contribution in [2.24, 2.45) is 0 Å². The van der Waals surface area contributed by atoms with Crippen molar-refractivity contribution in [1.29, 1.82) is 0 Å². The van der Waals surface area contributed by atoms with Crippen LogP contribution in [0.2, 0.25) is 0 Å². The molecule has 1 aromatic carbocycles. The zero-order valence-corrected chi connectivity index (χ0v) is 17.7. The summed E-state index contributed by atoms with van der Waals surface area (Å²) in [6.07, 6.45) is 4.68. The van der Waals surface area contributed by atoms with E-state index in [9.17, 15) is 9.59 Å². The first-order valence-electron chi connectivity index (χ1n) is 9.91. The summed E-state index contributed by atoms with van der Waals surface area (Å²) in [6.45, 7) is 2.02. The number of amides is 2. The molecule has 1 saturated carbocycles. The van der Waals surface area contributed by atoms with Crippen molar-refractivity contribution in [3.63, 3.8) is 0 Å². The van der Waals surface area contributed by atoms with E-state index in [2.05, 4.69) is 10.3 Å². The molecular weight excluding hydrogens is 390 g/mol. The van der Waals surface area contributed by atoms with E-state index in [4.69, 9.17) is 9.47 Å². The van der Waals surface area contributed by atoms with Gasteiger partial charge in [-0.2, -0.15) is 0 Å². The molecule has 0 spiro atoms. The van der Waals surface area contributed by atoms with Crippen LogP contribution in [0, 0.1) is 0 Å². The van der Waals surface area contributed by atoms with Crippen LogP contribution in [0.3, 0.4) is 0 Å². The number of carbonyl (C=O) groups excluding carboxylic acids is 2. The maximum Gasteiger partial charge on any atom is 0.414 e. The predicted octanol–water partition coefficient (Wildman–Crippen LogP) is 4.01. The predicted molar refractivity (Wildman–Crippen MR) is 112 cm³/mol. The molecule has 29 heavy (non-hydrogen) atoms. The van der Waals surface area contributed by atoms with Gasteiger partial charge in [0.05, 0.1) is 24.6 Å². The first-order valence-corrected chi connectivity index (χ1v) is 10.8. The van der Waals surface area contributed by atoms with Gasteiger partial charge in [0.1, 0.15) is 5.75 Å². The highest BCUT2D eigenvalue weighted by Gasteiger charge is 2.33. The molecule has 1 aliphatic heterocycles. The Balaban J connectivity index is 1.81. The molecule has 2 heterocycles. The topological polar surface area (TPSA) is 80.8 Å². The molecule has 1 atom stereocenters. The van der Waals surface area contributed by atoms with Gasteiger partial charge in [-0.3, -0.25) is 9.69 Å². The number of carbonyl (C=O) groups is 2. The molecular formula is C21H25N3O4S. The summed E-state index contributed by atoms with van der Waals surface area (Å²) in [4.78, 5) is 30.6. The van der Waals surface area contributed by atoms with Gasteiger partial charge in [-0.05, 0) is 51.2 Å². The number of rotatable bonds is 4. The van der Waals surface area contributed by atoms with Gasteiger partial charge in [-0.1, -0.05) is 0 Å².